The van der Waals surface area contributed by atoms with E-state index in [1.807, 2.05) is 30.9 Å². The number of fused-ring (bicyclic) bond motifs is 1. The maximum Gasteiger partial charge on any atom is 0.0946 e. The smallest absolute Gasteiger partial charge is 0.0946 e. The van der Waals surface area contributed by atoms with Gasteiger partial charge in [-0.2, -0.15) is 5.10 Å². The lowest BCUT2D eigenvalue weighted by atomic mass is 10.2. The molecule has 1 aromatic carbocycles. The molecule has 0 aliphatic carbocycles. The number of aromatic nitrogens is 3. The van der Waals surface area contributed by atoms with Gasteiger partial charge in [0, 0.05) is 48.9 Å². The van der Waals surface area contributed by atoms with Crippen LogP contribution in [0.4, 0.5) is 11.4 Å². The van der Waals surface area contributed by atoms with Gasteiger partial charge in [0.05, 0.1) is 5.52 Å². The van der Waals surface area contributed by atoms with Crippen LogP contribution >= 0.6 is 0 Å². The van der Waals surface area contributed by atoms with E-state index in [0.717, 1.165) is 16.9 Å². The summed E-state index contributed by atoms with van der Waals surface area (Å²) in [6.45, 7) is 2.08. The van der Waals surface area contributed by atoms with Gasteiger partial charge in [0.25, 0.3) is 0 Å². The summed E-state index contributed by atoms with van der Waals surface area (Å²) in [6.07, 6.45) is 3.60. The van der Waals surface area contributed by atoms with Crippen molar-refractivity contribution in [1.29, 1.82) is 0 Å². The fourth-order valence-corrected chi connectivity index (χ4v) is 2.24. The molecule has 0 N–H and O–H groups in total. The zero-order valence-electron chi connectivity index (χ0n) is 11.3. The first-order valence-corrected chi connectivity index (χ1v) is 6.24. The Morgan fingerprint density at radius 1 is 1.05 bits per heavy atom. The fraction of sp³-hybridized carbons (Fsp3) is 0.200. The molecule has 0 bridgehead atoms. The number of pyridine rings is 1. The number of aryl methyl sites for hydroxylation is 2. The Bertz CT molecular complexity index is 716. The van der Waals surface area contributed by atoms with Gasteiger partial charge in [-0.3, -0.25) is 9.67 Å². The number of benzene rings is 1. The minimum absolute atomic E-state index is 1.03. The Kier molecular flexibility index (Phi) is 2.71. The molecule has 3 rings (SSSR count). The summed E-state index contributed by atoms with van der Waals surface area (Å²) < 4.78 is 1.92. The lowest BCUT2D eigenvalue weighted by molar-refractivity contribution is 0.751. The van der Waals surface area contributed by atoms with E-state index in [2.05, 4.69) is 40.1 Å². The molecule has 4 heteroatoms. The van der Waals surface area contributed by atoms with E-state index in [0.29, 0.717) is 0 Å². The van der Waals surface area contributed by atoms with Crippen molar-refractivity contribution in [3.8, 4) is 0 Å². The van der Waals surface area contributed by atoms with Gasteiger partial charge in [-0.25, -0.2) is 0 Å². The molecule has 0 saturated carbocycles. The third-order valence-electron chi connectivity index (χ3n) is 3.55. The largest absolute Gasteiger partial charge is 0.344 e. The zero-order chi connectivity index (χ0) is 13.4. The van der Waals surface area contributed by atoms with Crippen molar-refractivity contribution in [2.24, 2.45) is 7.05 Å². The molecule has 0 atom stereocenters. The van der Waals surface area contributed by atoms with Crippen LogP contribution in [0.2, 0.25) is 0 Å². The monoisotopic (exact) mass is 252 g/mol. The quantitative estimate of drug-likeness (QED) is 0.703. The molecule has 0 fully saturated rings. The van der Waals surface area contributed by atoms with Crippen LogP contribution in [0.25, 0.3) is 10.9 Å². The number of hydrogen-bond donors (Lipinski definition) is 0. The van der Waals surface area contributed by atoms with Crippen molar-refractivity contribution >= 4 is 22.3 Å². The topological polar surface area (TPSA) is 34.0 Å². The van der Waals surface area contributed by atoms with Crippen LogP contribution in [0, 0.1) is 6.92 Å². The fourth-order valence-electron chi connectivity index (χ4n) is 2.24. The SMILES string of the molecule is Cc1c2ccc(N(C)c3ccncc3)cc2nn1C. The third-order valence-corrected chi connectivity index (χ3v) is 3.55. The number of rotatable bonds is 2. The molecule has 19 heavy (non-hydrogen) atoms. The summed E-state index contributed by atoms with van der Waals surface area (Å²) >= 11 is 0. The second-order valence-corrected chi connectivity index (χ2v) is 4.67. The van der Waals surface area contributed by atoms with Crippen LogP contribution < -0.4 is 4.90 Å². The van der Waals surface area contributed by atoms with Crippen LogP contribution in [-0.2, 0) is 7.05 Å². The molecule has 4 nitrogen and oxygen atoms in total. The third kappa shape index (κ3) is 1.95. The van der Waals surface area contributed by atoms with Crippen molar-refractivity contribution in [3.05, 3.63) is 48.4 Å². The van der Waals surface area contributed by atoms with Gasteiger partial charge in [-0.1, -0.05) is 0 Å². The van der Waals surface area contributed by atoms with Crippen LogP contribution in [-0.4, -0.2) is 21.8 Å². The van der Waals surface area contributed by atoms with E-state index < -0.39 is 0 Å². The first-order valence-electron chi connectivity index (χ1n) is 6.24. The number of anilines is 2. The zero-order valence-corrected chi connectivity index (χ0v) is 11.3. The second kappa shape index (κ2) is 4.39. The molecule has 96 valence electrons. The molecule has 0 unspecified atom stereocenters. The van der Waals surface area contributed by atoms with Crippen LogP contribution in [0.3, 0.4) is 0 Å². The van der Waals surface area contributed by atoms with Crippen molar-refractivity contribution in [2.45, 2.75) is 6.92 Å². The average Bonchev–Trinajstić information content (AvgIpc) is 2.74. The molecule has 0 spiro atoms. The molecule has 0 radical (unpaired) electrons. The summed E-state index contributed by atoms with van der Waals surface area (Å²) in [6, 6.07) is 10.4. The van der Waals surface area contributed by atoms with E-state index in [1.54, 1.807) is 12.4 Å². The highest BCUT2D eigenvalue weighted by atomic mass is 15.3. The Hall–Kier alpha value is -2.36. The van der Waals surface area contributed by atoms with Crippen molar-refractivity contribution in [2.75, 3.05) is 11.9 Å². The molecule has 2 heterocycles. The van der Waals surface area contributed by atoms with Crippen LogP contribution in [0.15, 0.2) is 42.7 Å². The van der Waals surface area contributed by atoms with E-state index in [9.17, 15) is 0 Å². The minimum Gasteiger partial charge on any atom is -0.344 e. The Balaban J connectivity index is 2.06. The summed E-state index contributed by atoms with van der Waals surface area (Å²) in [5.74, 6) is 0. The molecule has 3 aromatic rings. The summed E-state index contributed by atoms with van der Waals surface area (Å²) in [5, 5.41) is 5.73. The molecular formula is C15H16N4. The van der Waals surface area contributed by atoms with Gasteiger partial charge in [-0.15, -0.1) is 0 Å². The maximum absolute atomic E-state index is 4.53. The molecular weight excluding hydrogens is 236 g/mol. The number of hydrogen-bond acceptors (Lipinski definition) is 3. The average molecular weight is 252 g/mol. The molecule has 2 aromatic heterocycles. The molecule has 0 amide bonds. The maximum atomic E-state index is 4.53. The molecule has 0 aliphatic rings. The van der Waals surface area contributed by atoms with E-state index in [1.165, 1.54) is 11.1 Å². The van der Waals surface area contributed by atoms with Gasteiger partial charge in [0.2, 0.25) is 0 Å². The van der Waals surface area contributed by atoms with Crippen molar-refractivity contribution in [1.82, 2.24) is 14.8 Å². The van der Waals surface area contributed by atoms with Crippen molar-refractivity contribution < 1.29 is 0 Å². The molecule has 0 saturated heterocycles. The second-order valence-electron chi connectivity index (χ2n) is 4.67. The summed E-state index contributed by atoms with van der Waals surface area (Å²) in [7, 11) is 4.02. The summed E-state index contributed by atoms with van der Waals surface area (Å²) in [4.78, 5) is 6.17. The highest BCUT2D eigenvalue weighted by Crippen LogP contribution is 2.27. The predicted octanol–water partition coefficient (Wildman–Crippen LogP) is 3.04. The van der Waals surface area contributed by atoms with Gasteiger partial charge in [0.1, 0.15) is 0 Å². The lowest BCUT2D eigenvalue weighted by Gasteiger charge is -2.19. The first-order chi connectivity index (χ1) is 9.16. The minimum atomic E-state index is 1.03. The van der Waals surface area contributed by atoms with E-state index >= 15 is 0 Å². The molecule has 0 aliphatic heterocycles. The van der Waals surface area contributed by atoms with Crippen LogP contribution in [0.5, 0.6) is 0 Å². The summed E-state index contributed by atoms with van der Waals surface area (Å²) in [5.41, 5.74) is 4.45. The Labute approximate surface area is 112 Å². The number of nitrogens with zero attached hydrogens (tertiary/aromatic N) is 4. The highest BCUT2D eigenvalue weighted by molar-refractivity contribution is 5.85. The highest BCUT2D eigenvalue weighted by Gasteiger charge is 2.08. The van der Waals surface area contributed by atoms with E-state index in [4.69, 9.17) is 0 Å². The van der Waals surface area contributed by atoms with Crippen molar-refractivity contribution in [3.63, 3.8) is 0 Å². The predicted molar refractivity (Wildman–Crippen MR) is 77.8 cm³/mol. The standard InChI is InChI=1S/C15H16N4/c1-11-14-5-4-13(10-15(14)17-19(11)3)18(2)12-6-8-16-9-7-12/h4-10H,1-3H3. The Morgan fingerprint density at radius 3 is 2.53 bits per heavy atom. The van der Waals surface area contributed by atoms with Gasteiger partial charge >= 0.3 is 0 Å². The lowest BCUT2D eigenvalue weighted by Crippen LogP contribution is -2.09. The van der Waals surface area contributed by atoms with E-state index in [-0.39, 0.29) is 0 Å². The normalized spacial score (nSPS) is 10.9. The van der Waals surface area contributed by atoms with Gasteiger partial charge in [0.15, 0.2) is 0 Å². The first kappa shape index (κ1) is 11.7. The van der Waals surface area contributed by atoms with Crippen LogP contribution in [0.1, 0.15) is 5.69 Å². The van der Waals surface area contributed by atoms with Gasteiger partial charge in [-0.05, 0) is 37.3 Å². The Morgan fingerprint density at radius 2 is 1.79 bits per heavy atom. The van der Waals surface area contributed by atoms with Gasteiger partial charge < -0.3 is 4.90 Å².